The Labute approximate surface area is 221 Å². The third kappa shape index (κ3) is 4.16. The number of pyridine rings is 1. The maximum Gasteiger partial charge on any atom is 0.254 e. The van der Waals surface area contributed by atoms with Gasteiger partial charge in [0.25, 0.3) is 17.3 Å². The van der Waals surface area contributed by atoms with Gasteiger partial charge in [-0.15, -0.1) is 0 Å². The van der Waals surface area contributed by atoms with Crippen LogP contribution in [0.1, 0.15) is 70.9 Å². The highest BCUT2D eigenvalue weighted by molar-refractivity contribution is 9.10. The van der Waals surface area contributed by atoms with Gasteiger partial charge < -0.3 is 24.3 Å². The first kappa shape index (κ1) is 25.3. The number of halogens is 1. The van der Waals surface area contributed by atoms with Gasteiger partial charge in [0.05, 0.1) is 16.6 Å². The summed E-state index contributed by atoms with van der Waals surface area (Å²) < 4.78 is 13.9. The second-order valence-corrected chi connectivity index (χ2v) is 11.9. The van der Waals surface area contributed by atoms with E-state index in [0.717, 1.165) is 58.3 Å². The Balaban J connectivity index is 1.43. The highest BCUT2D eigenvalue weighted by atomic mass is 79.9. The van der Waals surface area contributed by atoms with E-state index >= 15 is 0 Å². The number of aromatic amines is 1. The molecule has 2 aromatic rings. The Morgan fingerprint density at radius 1 is 1.11 bits per heavy atom. The number of nitrogens with zero attached hydrogens (tertiary/aromatic N) is 2. The molecule has 0 bridgehead atoms. The SMILES string of the molecule is Cc1cc(C)c(CN2CCc3c(Br)c4c(c(C)c3C2=O)OC(C)([C@H]2CC[C@H](N(C)C)CC2)O4)c(=O)[nH]1. The zero-order valence-corrected chi connectivity index (χ0v) is 23.7. The van der Waals surface area contributed by atoms with Crippen molar-refractivity contribution >= 4 is 21.8 Å². The van der Waals surface area contributed by atoms with Crippen LogP contribution in [0.15, 0.2) is 15.3 Å². The number of carbonyl (C=O) groups excluding carboxylic acids is 1. The van der Waals surface area contributed by atoms with Crippen LogP contribution in [0, 0.1) is 26.7 Å². The molecule has 3 aliphatic rings. The molecule has 1 aromatic heterocycles. The maximum atomic E-state index is 13.7. The van der Waals surface area contributed by atoms with E-state index < -0.39 is 5.79 Å². The topological polar surface area (TPSA) is 74.9 Å². The smallest absolute Gasteiger partial charge is 0.254 e. The van der Waals surface area contributed by atoms with Gasteiger partial charge in [-0.2, -0.15) is 0 Å². The number of carbonyl (C=O) groups is 1. The van der Waals surface area contributed by atoms with Crippen molar-refractivity contribution in [3.05, 3.63) is 54.4 Å². The van der Waals surface area contributed by atoms with Crippen LogP contribution < -0.4 is 15.0 Å². The maximum absolute atomic E-state index is 13.7. The number of hydrogen-bond donors (Lipinski definition) is 1. The molecule has 0 spiro atoms. The van der Waals surface area contributed by atoms with Crippen LogP contribution in [0.3, 0.4) is 0 Å². The quantitative estimate of drug-likeness (QED) is 0.580. The molecule has 1 unspecified atom stereocenters. The molecule has 0 radical (unpaired) electrons. The van der Waals surface area contributed by atoms with Crippen LogP contribution in [0.2, 0.25) is 0 Å². The first-order chi connectivity index (χ1) is 17.0. The molecular formula is C28H36BrN3O4. The van der Waals surface area contributed by atoms with E-state index in [1.54, 1.807) is 4.90 Å². The van der Waals surface area contributed by atoms with E-state index in [0.29, 0.717) is 35.9 Å². The van der Waals surface area contributed by atoms with Crippen LogP contribution in [0.5, 0.6) is 11.5 Å². The first-order valence-electron chi connectivity index (χ1n) is 12.9. The molecule has 1 atom stereocenters. The molecular weight excluding hydrogens is 522 g/mol. The Morgan fingerprint density at radius 2 is 1.78 bits per heavy atom. The van der Waals surface area contributed by atoms with Gasteiger partial charge in [-0.3, -0.25) is 9.59 Å². The Bertz CT molecular complexity index is 1280. The predicted octanol–water partition coefficient (Wildman–Crippen LogP) is 4.87. The summed E-state index contributed by atoms with van der Waals surface area (Å²) in [5.41, 5.74) is 4.67. The average Bonchev–Trinajstić information content (AvgIpc) is 3.20. The molecule has 7 nitrogen and oxygen atoms in total. The lowest BCUT2D eigenvalue weighted by atomic mass is 9.81. The summed E-state index contributed by atoms with van der Waals surface area (Å²) in [7, 11) is 4.29. The van der Waals surface area contributed by atoms with Crippen molar-refractivity contribution in [1.29, 1.82) is 0 Å². The lowest BCUT2D eigenvalue weighted by molar-refractivity contribution is -0.123. The van der Waals surface area contributed by atoms with E-state index in [2.05, 4.69) is 39.9 Å². The molecule has 36 heavy (non-hydrogen) atoms. The summed E-state index contributed by atoms with van der Waals surface area (Å²) in [6.07, 6.45) is 5.02. The number of fused-ring (bicyclic) bond motifs is 2. The molecule has 3 heterocycles. The van der Waals surface area contributed by atoms with Gasteiger partial charge >= 0.3 is 0 Å². The first-order valence-corrected chi connectivity index (χ1v) is 13.7. The minimum atomic E-state index is -0.744. The molecule has 1 aliphatic carbocycles. The summed E-state index contributed by atoms with van der Waals surface area (Å²) in [5.74, 6) is 0.854. The number of ether oxygens (including phenoxy) is 2. The van der Waals surface area contributed by atoms with E-state index in [-0.39, 0.29) is 23.9 Å². The zero-order chi connectivity index (χ0) is 25.9. The number of hydrogen-bond acceptors (Lipinski definition) is 5. The van der Waals surface area contributed by atoms with Crippen molar-refractivity contribution in [2.24, 2.45) is 5.92 Å². The fourth-order valence-corrected chi connectivity index (χ4v) is 6.89. The normalized spacial score (nSPS) is 25.4. The molecule has 1 aromatic carbocycles. The monoisotopic (exact) mass is 557 g/mol. The van der Waals surface area contributed by atoms with Gasteiger partial charge in [-0.1, -0.05) is 0 Å². The molecule has 8 heteroatoms. The van der Waals surface area contributed by atoms with Gasteiger partial charge in [-0.25, -0.2) is 0 Å². The van der Waals surface area contributed by atoms with Crippen LogP contribution in [0.4, 0.5) is 0 Å². The van der Waals surface area contributed by atoms with Crippen LogP contribution in [0.25, 0.3) is 0 Å². The van der Waals surface area contributed by atoms with Crippen molar-refractivity contribution in [2.45, 2.75) is 78.2 Å². The minimum Gasteiger partial charge on any atom is -0.448 e. The Morgan fingerprint density at radius 3 is 2.42 bits per heavy atom. The number of aromatic nitrogens is 1. The van der Waals surface area contributed by atoms with Crippen molar-refractivity contribution in [3.63, 3.8) is 0 Å². The van der Waals surface area contributed by atoms with Crippen molar-refractivity contribution in [2.75, 3.05) is 20.6 Å². The minimum absolute atomic E-state index is 0.0691. The summed E-state index contributed by atoms with van der Waals surface area (Å²) >= 11 is 3.76. The number of rotatable bonds is 4. The van der Waals surface area contributed by atoms with E-state index in [4.69, 9.17) is 9.47 Å². The summed E-state index contributed by atoms with van der Waals surface area (Å²) in [6, 6.07) is 2.55. The molecule has 194 valence electrons. The number of aryl methyl sites for hydroxylation is 2. The largest absolute Gasteiger partial charge is 0.448 e. The summed E-state index contributed by atoms with van der Waals surface area (Å²) in [4.78, 5) is 33.3. The zero-order valence-electron chi connectivity index (χ0n) is 22.1. The van der Waals surface area contributed by atoms with Crippen molar-refractivity contribution in [1.82, 2.24) is 14.8 Å². The van der Waals surface area contributed by atoms with E-state index in [9.17, 15) is 9.59 Å². The average molecular weight is 559 g/mol. The van der Waals surface area contributed by atoms with Crippen molar-refractivity contribution < 1.29 is 14.3 Å². The van der Waals surface area contributed by atoms with E-state index in [1.165, 1.54) is 0 Å². The van der Waals surface area contributed by atoms with Crippen LogP contribution in [-0.2, 0) is 13.0 Å². The highest BCUT2D eigenvalue weighted by Gasteiger charge is 2.48. The van der Waals surface area contributed by atoms with Crippen LogP contribution >= 0.6 is 15.9 Å². The number of nitrogens with one attached hydrogen (secondary N) is 1. The third-order valence-electron chi connectivity index (χ3n) is 8.44. The Kier molecular flexibility index (Phi) is 6.48. The van der Waals surface area contributed by atoms with E-state index in [1.807, 2.05) is 33.8 Å². The lowest BCUT2D eigenvalue weighted by Gasteiger charge is -2.39. The molecule has 5 rings (SSSR count). The van der Waals surface area contributed by atoms with Crippen LogP contribution in [-0.4, -0.2) is 53.2 Å². The molecule has 1 N–H and O–H groups in total. The molecule has 1 fully saturated rings. The third-order valence-corrected chi connectivity index (χ3v) is 9.28. The molecule has 1 amide bonds. The number of H-pyrrole nitrogens is 1. The second kappa shape index (κ2) is 9.21. The summed E-state index contributed by atoms with van der Waals surface area (Å²) in [5, 5.41) is 0. The molecule has 1 saturated carbocycles. The highest BCUT2D eigenvalue weighted by Crippen LogP contribution is 2.54. The van der Waals surface area contributed by atoms with Gasteiger partial charge in [0.15, 0.2) is 11.5 Å². The second-order valence-electron chi connectivity index (χ2n) is 11.1. The molecule has 2 aliphatic heterocycles. The lowest BCUT2D eigenvalue weighted by Crippen LogP contribution is -2.46. The van der Waals surface area contributed by atoms with Gasteiger partial charge in [-0.05, 0) is 100 Å². The number of amides is 1. The standard InChI is InChI=1S/C28H36BrN3O4/c1-15-13-16(2)30-26(33)21(15)14-32-12-11-20-22(27(32)34)17(3)24-25(23(20)29)36-28(4,35-24)18-7-9-19(10-8-18)31(5)6/h13,18-19H,7-12,14H2,1-6H3,(H,30,33)/t18-,19-,28?. The van der Waals surface area contributed by atoms with Crippen molar-refractivity contribution in [3.8, 4) is 11.5 Å². The van der Waals surface area contributed by atoms with Gasteiger partial charge in [0, 0.05) is 42.2 Å². The Hall–Kier alpha value is -2.32. The predicted molar refractivity (Wildman–Crippen MR) is 143 cm³/mol. The summed E-state index contributed by atoms with van der Waals surface area (Å²) in [6.45, 7) is 8.62. The fourth-order valence-electron chi connectivity index (χ4n) is 6.23. The van der Waals surface area contributed by atoms with Gasteiger partial charge in [0.1, 0.15) is 0 Å². The number of benzene rings is 1. The molecule has 0 saturated heterocycles. The fraction of sp³-hybridized carbons (Fsp3) is 0.571. The van der Waals surface area contributed by atoms with Gasteiger partial charge in [0.2, 0.25) is 0 Å².